The van der Waals surface area contributed by atoms with E-state index in [4.69, 9.17) is 19.9 Å². The van der Waals surface area contributed by atoms with Gasteiger partial charge in [0.15, 0.2) is 5.82 Å². The molecule has 1 aliphatic heterocycles. The number of benzene rings is 7. The van der Waals surface area contributed by atoms with Crippen LogP contribution < -0.4 is 0 Å². The van der Waals surface area contributed by atoms with Crippen LogP contribution in [0.5, 0.6) is 0 Å². The van der Waals surface area contributed by atoms with Gasteiger partial charge in [-0.1, -0.05) is 188 Å². The van der Waals surface area contributed by atoms with Gasteiger partial charge in [-0.15, -0.1) is 0 Å². The molecule has 0 spiro atoms. The monoisotopic (exact) mass is 741 g/mol. The van der Waals surface area contributed by atoms with Crippen molar-refractivity contribution in [1.82, 2.24) is 19.4 Å². The molecule has 58 heavy (non-hydrogen) atoms. The van der Waals surface area contributed by atoms with Crippen molar-refractivity contribution >= 4 is 27.8 Å². The number of nitrogens with zero attached hydrogens (tertiary/aromatic N) is 5. The number of aliphatic imine (C=N–C) groups is 1. The minimum absolute atomic E-state index is 0.0764. The van der Waals surface area contributed by atoms with Gasteiger partial charge in [-0.2, -0.15) is 0 Å². The van der Waals surface area contributed by atoms with Crippen molar-refractivity contribution in [2.45, 2.75) is 5.92 Å². The molecule has 0 bridgehead atoms. The maximum absolute atomic E-state index is 5.35. The normalized spacial score (nSPS) is 13.4. The highest BCUT2D eigenvalue weighted by Crippen LogP contribution is 2.45. The smallest absolute Gasteiger partial charge is 0.163 e. The number of aromatic nitrogens is 4. The van der Waals surface area contributed by atoms with Crippen molar-refractivity contribution < 1.29 is 0 Å². The van der Waals surface area contributed by atoms with Crippen molar-refractivity contribution in [3.05, 3.63) is 223 Å². The van der Waals surface area contributed by atoms with Crippen LogP contribution >= 0.6 is 0 Å². The molecule has 0 saturated carbocycles. The number of hydrogen-bond acceptors (Lipinski definition) is 4. The average molecular weight is 742 g/mol. The summed E-state index contributed by atoms with van der Waals surface area (Å²) in [7, 11) is 0. The van der Waals surface area contributed by atoms with Crippen molar-refractivity contribution in [1.29, 1.82) is 0 Å². The summed E-state index contributed by atoms with van der Waals surface area (Å²) in [4.78, 5) is 20.9. The van der Waals surface area contributed by atoms with Gasteiger partial charge in [-0.3, -0.25) is 9.38 Å². The third-order valence-electron chi connectivity index (χ3n) is 11.2. The molecule has 7 aromatic carbocycles. The summed E-state index contributed by atoms with van der Waals surface area (Å²) in [5, 5.41) is 2.23. The van der Waals surface area contributed by atoms with E-state index in [2.05, 4.69) is 192 Å². The molecule has 0 fully saturated rings. The Morgan fingerprint density at radius 3 is 1.74 bits per heavy atom. The SMILES string of the molecule is c1ccc(-c2ccnc3c2N=C(c2ccc(-c4cccc(-c5nc(-c6ccccc6)n6c(-c7ccccc7)c7ccccc7c6n5)c4)cc2)C3c2ccccc2)cc1. The molecule has 272 valence electrons. The van der Waals surface area contributed by atoms with Gasteiger partial charge in [0.05, 0.1) is 28.7 Å². The van der Waals surface area contributed by atoms with Gasteiger partial charge in [0.2, 0.25) is 0 Å². The highest BCUT2D eigenvalue weighted by atomic mass is 15.1. The van der Waals surface area contributed by atoms with Crippen LogP contribution in [0.1, 0.15) is 22.7 Å². The molecule has 0 N–H and O–H groups in total. The highest BCUT2D eigenvalue weighted by molar-refractivity contribution is 6.13. The third-order valence-corrected chi connectivity index (χ3v) is 11.2. The predicted molar refractivity (Wildman–Crippen MR) is 236 cm³/mol. The van der Waals surface area contributed by atoms with E-state index < -0.39 is 0 Å². The molecule has 5 heteroatoms. The van der Waals surface area contributed by atoms with E-state index in [1.807, 2.05) is 18.3 Å². The lowest BCUT2D eigenvalue weighted by Crippen LogP contribution is -2.12. The molecule has 0 radical (unpaired) electrons. The second-order valence-corrected chi connectivity index (χ2v) is 14.6. The van der Waals surface area contributed by atoms with Crippen LogP contribution in [0.15, 0.2) is 211 Å². The Morgan fingerprint density at radius 2 is 1.02 bits per heavy atom. The molecular weight excluding hydrogens is 707 g/mol. The first-order valence-corrected chi connectivity index (χ1v) is 19.6. The summed E-state index contributed by atoms with van der Waals surface area (Å²) in [5.74, 6) is 1.45. The van der Waals surface area contributed by atoms with E-state index in [1.165, 1.54) is 5.56 Å². The fourth-order valence-corrected chi connectivity index (χ4v) is 8.44. The zero-order valence-corrected chi connectivity index (χ0v) is 31.4. The summed E-state index contributed by atoms with van der Waals surface area (Å²) < 4.78 is 2.23. The molecule has 1 unspecified atom stereocenters. The quantitative estimate of drug-likeness (QED) is 0.163. The van der Waals surface area contributed by atoms with Crippen LogP contribution in [0.3, 0.4) is 0 Å². The molecule has 10 aromatic rings. The fourth-order valence-electron chi connectivity index (χ4n) is 8.44. The Bertz CT molecular complexity index is 3140. The first-order valence-electron chi connectivity index (χ1n) is 19.6. The topological polar surface area (TPSA) is 55.4 Å². The van der Waals surface area contributed by atoms with Gasteiger partial charge >= 0.3 is 0 Å². The van der Waals surface area contributed by atoms with Gasteiger partial charge in [0, 0.05) is 33.7 Å². The van der Waals surface area contributed by atoms with Crippen LogP contribution in [-0.4, -0.2) is 25.1 Å². The zero-order chi connectivity index (χ0) is 38.4. The van der Waals surface area contributed by atoms with Crippen molar-refractivity contribution in [3.63, 3.8) is 0 Å². The van der Waals surface area contributed by atoms with Crippen LogP contribution in [0.2, 0.25) is 0 Å². The van der Waals surface area contributed by atoms with Crippen molar-refractivity contribution in [2.24, 2.45) is 4.99 Å². The summed E-state index contributed by atoms with van der Waals surface area (Å²) in [6.07, 6.45) is 1.91. The second kappa shape index (κ2) is 14.1. The van der Waals surface area contributed by atoms with E-state index in [-0.39, 0.29) is 5.92 Å². The Kier molecular flexibility index (Phi) is 8.14. The molecule has 1 atom stereocenters. The van der Waals surface area contributed by atoms with Gasteiger partial charge < -0.3 is 0 Å². The standard InChI is InChI=1S/C53H35N5/c1-5-16-36(17-6-1)43-32-33-54-49-46(37-18-7-2-8-19-37)47(55-48(43)49)38-30-28-35(29-31-38)41-24-15-25-42(34-41)51-56-52(40-22-11-4-12-23-40)58-50(39-20-9-3-10-21-39)44-26-13-14-27-45(44)53(58)57-51/h1-34,46H. The van der Waals surface area contributed by atoms with Crippen molar-refractivity contribution in [3.8, 4) is 56.3 Å². The number of pyridine rings is 1. The largest absolute Gasteiger partial charge is 0.277 e. The second-order valence-electron chi connectivity index (χ2n) is 14.6. The Labute approximate surface area is 336 Å². The minimum Gasteiger partial charge on any atom is -0.277 e. The Morgan fingerprint density at radius 1 is 0.431 bits per heavy atom. The number of fused-ring (bicyclic) bond motifs is 4. The first kappa shape index (κ1) is 33.6. The van der Waals surface area contributed by atoms with E-state index in [1.54, 1.807) is 0 Å². The van der Waals surface area contributed by atoms with Crippen LogP contribution in [0, 0.1) is 0 Å². The number of hydrogen-bond donors (Lipinski definition) is 0. The van der Waals surface area contributed by atoms with E-state index in [0.717, 1.165) is 89.5 Å². The van der Waals surface area contributed by atoms with Crippen LogP contribution in [-0.2, 0) is 0 Å². The van der Waals surface area contributed by atoms with Gasteiger partial charge in [0.25, 0.3) is 0 Å². The fraction of sp³-hybridized carbons (Fsp3) is 0.0189. The van der Waals surface area contributed by atoms with Gasteiger partial charge in [0.1, 0.15) is 11.5 Å². The zero-order valence-electron chi connectivity index (χ0n) is 31.4. The molecular formula is C53H35N5. The lowest BCUT2D eigenvalue weighted by atomic mass is 9.87. The summed E-state index contributed by atoms with van der Waals surface area (Å²) in [6.45, 7) is 0. The Balaban J connectivity index is 1.01. The molecule has 5 nitrogen and oxygen atoms in total. The molecule has 0 aliphatic carbocycles. The first-order chi connectivity index (χ1) is 28.8. The maximum atomic E-state index is 5.35. The average Bonchev–Trinajstić information content (AvgIpc) is 3.87. The molecule has 11 rings (SSSR count). The summed E-state index contributed by atoms with van der Waals surface area (Å²) in [6, 6.07) is 69.9. The Hall–Kier alpha value is -7.76. The summed E-state index contributed by atoms with van der Waals surface area (Å²) >= 11 is 0. The molecule has 0 saturated heterocycles. The molecule has 1 aliphatic rings. The van der Waals surface area contributed by atoms with E-state index in [9.17, 15) is 0 Å². The van der Waals surface area contributed by atoms with E-state index in [0.29, 0.717) is 5.82 Å². The predicted octanol–water partition coefficient (Wildman–Crippen LogP) is 12.9. The van der Waals surface area contributed by atoms with Crippen molar-refractivity contribution in [2.75, 3.05) is 0 Å². The molecule has 3 aromatic heterocycles. The summed E-state index contributed by atoms with van der Waals surface area (Å²) in [5.41, 5.74) is 14.6. The molecule has 4 heterocycles. The van der Waals surface area contributed by atoms with Crippen LogP contribution in [0.25, 0.3) is 72.7 Å². The lowest BCUT2D eigenvalue weighted by Gasteiger charge is -2.16. The highest BCUT2D eigenvalue weighted by Gasteiger charge is 2.33. The van der Waals surface area contributed by atoms with Crippen LogP contribution in [0.4, 0.5) is 5.69 Å². The van der Waals surface area contributed by atoms with E-state index >= 15 is 0 Å². The minimum atomic E-state index is -0.0764. The maximum Gasteiger partial charge on any atom is 0.163 e. The number of rotatable bonds is 7. The van der Waals surface area contributed by atoms with Gasteiger partial charge in [-0.05, 0) is 45.5 Å². The van der Waals surface area contributed by atoms with Gasteiger partial charge in [-0.25, -0.2) is 15.0 Å². The lowest BCUT2D eigenvalue weighted by molar-refractivity contribution is 1.03. The third kappa shape index (κ3) is 5.72. The molecule has 0 amide bonds.